The molecule has 1 aliphatic heterocycles. The molecule has 0 radical (unpaired) electrons. The number of nitrogens with zero attached hydrogens (tertiary/aromatic N) is 1. The smallest absolute Gasteiger partial charge is 0.175 e. The van der Waals surface area contributed by atoms with Crippen LogP contribution in [0.5, 0.6) is 11.5 Å². The maximum atomic E-state index is 5.63. The Hall–Kier alpha value is -0.780. The third-order valence-corrected chi connectivity index (χ3v) is 4.75. The summed E-state index contributed by atoms with van der Waals surface area (Å²) in [6.45, 7) is 10.4. The van der Waals surface area contributed by atoms with Gasteiger partial charge in [-0.05, 0) is 72.5 Å². The van der Waals surface area contributed by atoms with Crippen LogP contribution in [0, 0.1) is 5.92 Å². The molecule has 0 spiro atoms. The van der Waals surface area contributed by atoms with Crippen LogP contribution in [0.2, 0.25) is 0 Å². The molecule has 1 saturated heterocycles. The normalized spacial score (nSPS) is 18.6. The van der Waals surface area contributed by atoms with Gasteiger partial charge in [0, 0.05) is 13.1 Å². The fourth-order valence-electron chi connectivity index (χ4n) is 2.95. The van der Waals surface area contributed by atoms with Gasteiger partial charge >= 0.3 is 0 Å². The first-order chi connectivity index (χ1) is 10.7. The first-order valence-corrected chi connectivity index (χ1v) is 8.89. The maximum absolute atomic E-state index is 5.63. The quantitative estimate of drug-likeness (QED) is 0.761. The van der Waals surface area contributed by atoms with E-state index >= 15 is 0 Å². The molecule has 1 aromatic carbocycles. The SMILES string of the molecule is CCOc1c(Br)cc(CNC[C@H]2CCN(CC)C2)cc1OC. The van der Waals surface area contributed by atoms with Crippen LogP contribution in [0.15, 0.2) is 16.6 Å². The van der Waals surface area contributed by atoms with Gasteiger partial charge in [-0.2, -0.15) is 0 Å². The van der Waals surface area contributed by atoms with Crippen molar-refractivity contribution in [2.24, 2.45) is 5.92 Å². The summed E-state index contributed by atoms with van der Waals surface area (Å²) in [7, 11) is 1.68. The first-order valence-electron chi connectivity index (χ1n) is 8.10. The van der Waals surface area contributed by atoms with Gasteiger partial charge in [-0.3, -0.25) is 0 Å². The topological polar surface area (TPSA) is 33.7 Å². The molecule has 0 bridgehead atoms. The van der Waals surface area contributed by atoms with E-state index in [4.69, 9.17) is 9.47 Å². The molecule has 22 heavy (non-hydrogen) atoms. The minimum absolute atomic E-state index is 0.627. The Labute approximate surface area is 142 Å². The molecule has 1 aliphatic rings. The Morgan fingerprint density at radius 3 is 2.82 bits per heavy atom. The molecular formula is C17H27BrN2O2. The van der Waals surface area contributed by atoms with Crippen LogP contribution in [-0.4, -0.2) is 44.8 Å². The Morgan fingerprint density at radius 1 is 1.36 bits per heavy atom. The van der Waals surface area contributed by atoms with Crippen molar-refractivity contribution in [2.45, 2.75) is 26.8 Å². The van der Waals surface area contributed by atoms with Crippen molar-refractivity contribution in [3.8, 4) is 11.5 Å². The number of methoxy groups -OCH3 is 1. The van der Waals surface area contributed by atoms with Crippen molar-refractivity contribution in [2.75, 3.05) is 39.9 Å². The molecule has 124 valence electrons. The van der Waals surface area contributed by atoms with Gasteiger partial charge in [-0.1, -0.05) is 6.92 Å². The number of ether oxygens (including phenoxy) is 2. The van der Waals surface area contributed by atoms with Gasteiger partial charge < -0.3 is 19.7 Å². The Bertz CT molecular complexity index is 482. The van der Waals surface area contributed by atoms with Crippen molar-refractivity contribution < 1.29 is 9.47 Å². The second-order valence-corrected chi connectivity index (χ2v) is 6.58. The van der Waals surface area contributed by atoms with E-state index in [1.165, 1.54) is 31.6 Å². The van der Waals surface area contributed by atoms with Gasteiger partial charge in [-0.25, -0.2) is 0 Å². The molecule has 1 atom stereocenters. The van der Waals surface area contributed by atoms with E-state index in [1.54, 1.807) is 7.11 Å². The van der Waals surface area contributed by atoms with Gasteiger partial charge in [0.2, 0.25) is 0 Å². The number of hydrogen-bond donors (Lipinski definition) is 1. The summed E-state index contributed by atoms with van der Waals surface area (Å²) in [6, 6.07) is 4.16. The van der Waals surface area contributed by atoms with Gasteiger partial charge in [0.15, 0.2) is 11.5 Å². The molecule has 2 rings (SSSR count). The van der Waals surface area contributed by atoms with Gasteiger partial charge in [0.1, 0.15) is 0 Å². The number of halogens is 1. The van der Waals surface area contributed by atoms with Crippen LogP contribution in [0.3, 0.4) is 0 Å². The number of rotatable bonds is 8. The standard InChI is InChI=1S/C17H27BrN2O2/c1-4-20-7-6-13(12-20)10-19-11-14-8-15(18)17(22-5-2)16(9-14)21-3/h8-9,13,19H,4-7,10-12H2,1-3H3/t13-/m1/s1. The number of likely N-dealkylation sites (tertiary alicyclic amines) is 1. The summed E-state index contributed by atoms with van der Waals surface area (Å²) < 4.78 is 12.0. The van der Waals surface area contributed by atoms with Crippen LogP contribution in [0.25, 0.3) is 0 Å². The Balaban J connectivity index is 1.89. The number of hydrogen-bond acceptors (Lipinski definition) is 4. The zero-order valence-corrected chi connectivity index (χ0v) is 15.4. The highest BCUT2D eigenvalue weighted by Crippen LogP contribution is 2.36. The van der Waals surface area contributed by atoms with E-state index in [1.807, 2.05) is 6.92 Å². The number of benzene rings is 1. The molecule has 1 aromatic rings. The lowest BCUT2D eigenvalue weighted by Crippen LogP contribution is -2.26. The summed E-state index contributed by atoms with van der Waals surface area (Å²) in [5.41, 5.74) is 1.21. The van der Waals surface area contributed by atoms with E-state index in [0.29, 0.717) is 6.61 Å². The van der Waals surface area contributed by atoms with Crippen LogP contribution < -0.4 is 14.8 Å². The van der Waals surface area contributed by atoms with E-state index < -0.39 is 0 Å². The van der Waals surface area contributed by atoms with Crippen LogP contribution >= 0.6 is 15.9 Å². The third kappa shape index (κ3) is 4.61. The molecule has 1 fully saturated rings. The highest BCUT2D eigenvalue weighted by atomic mass is 79.9. The molecule has 0 unspecified atom stereocenters. The van der Waals surface area contributed by atoms with Gasteiger partial charge in [0.25, 0.3) is 0 Å². The van der Waals surface area contributed by atoms with Crippen molar-refractivity contribution in [1.82, 2.24) is 10.2 Å². The average molecular weight is 371 g/mol. The van der Waals surface area contributed by atoms with E-state index in [0.717, 1.165) is 35.0 Å². The first kappa shape index (κ1) is 17.6. The Kier molecular flexibility index (Phi) is 6.99. The number of nitrogens with one attached hydrogen (secondary N) is 1. The van der Waals surface area contributed by atoms with E-state index in [-0.39, 0.29) is 0 Å². The van der Waals surface area contributed by atoms with Crippen molar-refractivity contribution in [3.63, 3.8) is 0 Å². The van der Waals surface area contributed by atoms with Crippen LogP contribution in [0.4, 0.5) is 0 Å². The lowest BCUT2D eigenvalue weighted by atomic mass is 10.1. The highest BCUT2D eigenvalue weighted by Gasteiger charge is 2.20. The van der Waals surface area contributed by atoms with Gasteiger partial charge in [0.05, 0.1) is 18.2 Å². The summed E-state index contributed by atoms with van der Waals surface area (Å²) in [4.78, 5) is 2.52. The predicted molar refractivity (Wildman–Crippen MR) is 93.8 cm³/mol. The van der Waals surface area contributed by atoms with Crippen LogP contribution in [0.1, 0.15) is 25.8 Å². The summed E-state index contributed by atoms with van der Waals surface area (Å²) in [5, 5.41) is 3.57. The minimum atomic E-state index is 0.627. The molecule has 0 aromatic heterocycles. The largest absolute Gasteiger partial charge is 0.493 e. The van der Waals surface area contributed by atoms with E-state index in [9.17, 15) is 0 Å². The lowest BCUT2D eigenvalue weighted by molar-refractivity contribution is 0.308. The molecule has 0 amide bonds. The molecule has 0 saturated carbocycles. The summed E-state index contributed by atoms with van der Waals surface area (Å²) in [5.74, 6) is 2.34. The van der Waals surface area contributed by atoms with E-state index in [2.05, 4.69) is 45.2 Å². The second kappa shape index (κ2) is 8.75. The highest BCUT2D eigenvalue weighted by molar-refractivity contribution is 9.10. The Morgan fingerprint density at radius 2 is 2.18 bits per heavy atom. The molecule has 0 aliphatic carbocycles. The fourth-order valence-corrected chi connectivity index (χ4v) is 3.55. The van der Waals surface area contributed by atoms with Crippen molar-refractivity contribution >= 4 is 15.9 Å². The summed E-state index contributed by atoms with van der Waals surface area (Å²) in [6.07, 6.45) is 1.30. The zero-order valence-electron chi connectivity index (χ0n) is 13.8. The van der Waals surface area contributed by atoms with Crippen molar-refractivity contribution in [3.05, 3.63) is 22.2 Å². The second-order valence-electron chi connectivity index (χ2n) is 5.72. The van der Waals surface area contributed by atoms with Gasteiger partial charge in [-0.15, -0.1) is 0 Å². The molecule has 1 N–H and O–H groups in total. The average Bonchev–Trinajstić information content (AvgIpc) is 2.97. The predicted octanol–water partition coefficient (Wildman–Crippen LogP) is 3.29. The molecule has 5 heteroatoms. The zero-order chi connectivity index (χ0) is 15.9. The summed E-state index contributed by atoms with van der Waals surface area (Å²) >= 11 is 3.58. The maximum Gasteiger partial charge on any atom is 0.175 e. The lowest BCUT2D eigenvalue weighted by Gasteiger charge is -2.15. The van der Waals surface area contributed by atoms with Crippen molar-refractivity contribution in [1.29, 1.82) is 0 Å². The molecular weight excluding hydrogens is 344 g/mol. The molecule has 1 heterocycles. The third-order valence-electron chi connectivity index (χ3n) is 4.16. The molecule has 4 nitrogen and oxygen atoms in total. The minimum Gasteiger partial charge on any atom is -0.493 e. The monoisotopic (exact) mass is 370 g/mol. The fraction of sp³-hybridized carbons (Fsp3) is 0.647. The van der Waals surface area contributed by atoms with Crippen LogP contribution in [-0.2, 0) is 6.54 Å².